The number of hydrogen-bond donors (Lipinski definition) is 1. The molecular formula is C18H22ClF3N2O3. The van der Waals surface area contributed by atoms with Crippen LogP contribution in [0.3, 0.4) is 0 Å². The van der Waals surface area contributed by atoms with E-state index in [1.165, 1.54) is 4.90 Å². The van der Waals surface area contributed by atoms with E-state index in [0.717, 1.165) is 18.2 Å². The molecule has 150 valence electrons. The normalized spacial score (nSPS) is 18.2. The lowest BCUT2D eigenvalue weighted by Gasteiger charge is -2.33. The molecule has 1 aliphatic rings. The third-order valence-corrected chi connectivity index (χ3v) is 4.33. The highest BCUT2D eigenvalue weighted by Gasteiger charge is 2.33. The molecular weight excluding hydrogens is 385 g/mol. The summed E-state index contributed by atoms with van der Waals surface area (Å²) in [5.41, 5.74) is -1.66. The van der Waals surface area contributed by atoms with Crippen molar-refractivity contribution in [2.75, 3.05) is 18.4 Å². The minimum Gasteiger partial charge on any atom is -0.444 e. The molecule has 1 heterocycles. The van der Waals surface area contributed by atoms with Crippen LogP contribution in [0.15, 0.2) is 18.2 Å². The van der Waals surface area contributed by atoms with E-state index in [1.54, 1.807) is 20.8 Å². The molecule has 0 radical (unpaired) electrons. The van der Waals surface area contributed by atoms with Crippen LogP contribution in [0.5, 0.6) is 0 Å². The maximum absolute atomic E-state index is 12.9. The lowest BCUT2D eigenvalue weighted by atomic mass is 9.97. The Balaban J connectivity index is 2.07. The molecule has 0 aliphatic carbocycles. The van der Waals surface area contributed by atoms with Crippen LogP contribution in [0.1, 0.15) is 39.2 Å². The Hall–Kier alpha value is -1.96. The van der Waals surface area contributed by atoms with Gasteiger partial charge >= 0.3 is 12.3 Å². The van der Waals surface area contributed by atoms with Crippen LogP contribution in [-0.4, -0.2) is 35.6 Å². The van der Waals surface area contributed by atoms with Crippen molar-refractivity contribution in [1.29, 1.82) is 0 Å². The van der Waals surface area contributed by atoms with Crippen molar-refractivity contribution in [3.8, 4) is 0 Å². The van der Waals surface area contributed by atoms with Gasteiger partial charge in [0.1, 0.15) is 5.60 Å². The van der Waals surface area contributed by atoms with Crippen molar-refractivity contribution >= 4 is 29.3 Å². The number of carbonyl (C=O) groups excluding carboxylic acids is 2. The molecule has 2 amide bonds. The largest absolute Gasteiger partial charge is 0.444 e. The molecule has 5 nitrogen and oxygen atoms in total. The zero-order valence-electron chi connectivity index (χ0n) is 15.3. The van der Waals surface area contributed by atoms with Crippen LogP contribution >= 0.6 is 11.6 Å². The fraction of sp³-hybridized carbons (Fsp3) is 0.556. The Bertz CT molecular complexity index is 717. The second-order valence-electron chi connectivity index (χ2n) is 7.45. The van der Waals surface area contributed by atoms with Crippen molar-refractivity contribution in [2.45, 2.75) is 45.4 Å². The van der Waals surface area contributed by atoms with Crippen LogP contribution in [0.4, 0.5) is 23.7 Å². The Morgan fingerprint density at radius 1 is 1.26 bits per heavy atom. The Kier molecular flexibility index (Phi) is 6.29. The number of halogens is 4. The number of nitrogens with one attached hydrogen (secondary N) is 1. The van der Waals surface area contributed by atoms with E-state index in [9.17, 15) is 22.8 Å². The fourth-order valence-electron chi connectivity index (χ4n) is 2.72. The van der Waals surface area contributed by atoms with Crippen molar-refractivity contribution < 1.29 is 27.5 Å². The molecule has 0 spiro atoms. The number of ether oxygens (including phenoxy) is 1. The number of alkyl halides is 3. The first-order valence-electron chi connectivity index (χ1n) is 8.52. The second kappa shape index (κ2) is 7.96. The number of rotatable bonds is 2. The number of piperidine rings is 1. The van der Waals surface area contributed by atoms with Gasteiger partial charge in [-0.05, 0) is 51.8 Å². The summed E-state index contributed by atoms with van der Waals surface area (Å²) in [5.74, 6) is -1.04. The van der Waals surface area contributed by atoms with Crippen molar-refractivity contribution in [3.05, 3.63) is 28.8 Å². The number of benzene rings is 1. The highest BCUT2D eigenvalue weighted by molar-refractivity contribution is 6.33. The minimum absolute atomic E-state index is 0.0103. The summed E-state index contributed by atoms with van der Waals surface area (Å²) < 4.78 is 43.9. The molecule has 27 heavy (non-hydrogen) atoms. The predicted molar refractivity (Wildman–Crippen MR) is 95.6 cm³/mol. The third kappa shape index (κ3) is 6.02. The molecule has 1 atom stereocenters. The van der Waals surface area contributed by atoms with Gasteiger partial charge in [-0.3, -0.25) is 4.79 Å². The first-order chi connectivity index (χ1) is 12.4. The van der Waals surface area contributed by atoms with Crippen LogP contribution in [0.2, 0.25) is 5.02 Å². The van der Waals surface area contributed by atoms with E-state index < -0.39 is 35.3 Å². The molecule has 1 N–H and O–H groups in total. The summed E-state index contributed by atoms with van der Waals surface area (Å²) in [6.07, 6.45) is -3.95. The van der Waals surface area contributed by atoms with Gasteiger partial charge in [-0.15, -0.1) is 0 Å². The lowest BCUT2D eigenvalue weighted by Crippen LogP contribution is -2.45. The number of likely N-dealkylation sites (tertiary alicyclic amines) is 1. The van der Waals surface area contributed by atoms with Gasteiger partial charge in [0.05, 0.1) is 22.2 Å². The number of hydrogen-bond acceptors (Lipinski definition) is 3. The standard InChI is InChI=1S/C18H22ClF3N2O3/c1-17(2,3)27-16(26)24-8-4-5-11(10-24)15(25)23-14-9-12(18(20,21)22)6-7-13(14)19/h6-7,9,11H,4-5,8,10H2,1-3H3,(H,23,25). The van der Waals surface area contributed by atoms with Gasteiger partial charge in [0, 0.05) is 13.1 Å². The number of anilines is 1. The molecule has 1 aliphatic heterocycles. The van der Waals surface area contributed by atoms with Crippen LogP contribution < -0.4 is 5.32 Å². The van der Waals surface area contributed by atoms with Gasteiger partial charge in [0.25, 0.3) is 0 Å². The van der Waals surface area contributed by atoms with E-state index in [-0.39, 0.29) is 17.3 Å². The monoisotopic (exact) mass is 406 g/mol. The average molecular weight is 407 g/mol. The van der Waals surface area contributed by atoms with Gasteiger partial charge in [0.2, 0.25) is 5.91 Å². The molecule has 1 aromatic carbocycles. The van der Waals surface area contributed by atoms with Crippen molar-refractivity contribution in [2.24, 2.45) is 5.92 Å². The summed E-state index contributed by atoms with van der Waals surface area (Å²) in [6, 6.07) is 2.74. The SMILES string of the molecule is CC(C)(C)OC(=O)N1CCCC(C(=O)Nc2cc(C(F)(F)F)ccc2Cl)C1. The van der Waals surface area contributed by atoms with Gasteiger partial charge in [-0.1, -0.05) is 11.6 Å². The van der Waals surface area contributed by atoms with E-state index >= 15 is 0 Å². The van der Waals surface area contributed by atoms with Crippen LogP contribution in [0.25, 0.3) is 0 Å². The molecule has 1 saturated heterocycles. The summed E-state index contributed by atoms with van der Waals surface area (Å²) in [7, 11) is 0. The summed E-state index contributed by atoms with van der Waals surface area (Å²) in [6.45, 7) is 5.83. The first-order valence-corrected chi connectivity index (χ1v) is 8.90. The highest BCUT2D eigenvalue weighted by atomic mass is 35.5. The molecule has 0 aromatic heterocycles. The number of nitrogens with zero attached hydrogens (tertiary/aromatic N) is 1. The fourth-order valence-corrected chi connectivity index (χ4v) is 2.88. The van der Waals surface area contributed by atoms with E-state index in [1.807, 2.05) is 0 Å². The van der Waals surface area contributed by atoms with Gasteiger partial charge < -0.3 is 15.0 Å². The topological polar surface area (TPSA) is 58.6 Å². The zero-order chi connectivity index (χ0) is 20.4. The first kappa shape index (κ1) is 21.3. The Morgan fingerprint density at radius 2 is 1.93 bits per heavy atom. The predicted octanol–water partition coefficient (Wildman–Crippen LogP) is 4.94. The molecule has 1 fully saturated rings. The van der Waals surface area contributed by atoms with E-state index in [4.69, 9.17) is 16.3 Å². The quantitative estimate of drug-likeness (QED) is 0.756. The van der Waals surface area contributed by atoms with E-state index in [0.29, 0.717) is 19.4 Å². The Morgan fingerprint density at radius 3 is 2.52 bits per heavy atom. The smallest absolute Gasteiger partial charge is 0.416 e. The van der Waals surface area contributed by atoms with Gasteiger partial charge in [-0.2, -0.15) is 13.2 Å². The minimum atomic E-state index is -4.54. The Labute approximate surface area is 160 Å². The molecule has 0 saturated carbocycles. The maximum atomic E-state index is 12.9. The highest BCUT2D eigenvalue weighted by Crippen LogP contribution is 2.34. The number of amides is 2. The van der Waals surface area contributed by atoms with Crippen molar-refractivity contribution in [1.82, 2.24) is 4.90 Å². The maximum Gasteiger partial charge on any atom is 0.416 e. The van der Waals surface area contributed by atoms with E-state index in [2.05, 4.69) is 5.32 Å². The van der Waals surface area contributed by atoms with Crippen molar-refractivity contribution in [3.63, 3.8) is 0 Å². The molecule has 9 heteroatoms. The molecule has 2 rings (SSSR count). The van der Waals surface area contributed by atoms with Gasteiger partial charge in [0.15, 0.2) is 0 Å². The lowest BCUT2D eigenvalue weighted by molar-refractivity contribution is -0.137. The zero-order valence-corrected chi connectivity index (χ0v) is 16.1. The van der Waals surface area contributed by atoms with Crippen LogP contribution in [0, 0.1) is 5.92 Å². The van der Waals surface area contributed by atoms with Gasteiger partial charge in [-0.25, -0.2) is 4.79 Å². The molecule has 1 aromatic rings. The third-order valence-electron chi connectivity index (χ3n) is 4.00. The molecule has 1 unspecified atom stereocenters. The average Bonchev–Trinajstić information content (AvgIpc) is 2.54. The number of carbonyl (C=O) groups is 2. The van der Waals surface area contributed by atoms with Crippen LogP contribution in [-0.2, 0) is 15.7 Å². The summed E-state index contributed by atoms with van der Waals surface area (Å²) >= 11 is 5.91. The second-order valence-corrected chi connectivity index (χ2v) is 7.85. The molecule has 0 bridgehead atoms. The summed E-state index contributed by atoms with van der Waals surface area (Å²) in [5, 5.41) is 2.46. The summed E-state index contributed by atoms with van der Waals surface area (Å²) in [4.78, 5) is 26.1.